The second-order valence-electron chi connectivity index (χ2n) is 7.98. The van der Waals surface area contributed by atoms with Crippen molar-refractivity contribution in [2.24, 2.45) is 5.92 Å². The van der Waals surface area contributed by atoms with Gasteiger partial charge in [0.2, 0.25) is 0 Å². The molecule has 5 heteroatoms. The smallest absolute Gasteiger partial charge is 0.327 e. The standard InChI is InChI=1S/C23H38NO2S.HI/c1-5-24(4,6-2)18-19-26-22(25)23(27-7-3,20-14-10-8-11-15-20)21-16-12-9-13-17-21;/h8,10-11,14-15,21H,5-7,9,12-13,16-19H2,1-4H3;1H/q+1;/p-1. The van der Waals surface area contributed by atoms with E-state index in [1.807, 2.05) is 6.07 Å². The van der Waals surface area contributed by atoms with E-state index in [9.17, 15) is 4.79 Å². The highest BCUT2D eigenvalue weighted by Crippen LogP contribution is 2.49. The predicted octanol–water partition coefficient (Wildman–Crippen LogP) is 2.25. The number of halogens is 1. The zero-order valence-electron chi connectivity index (χ0n) is 18.1. The Labute approximate surface area is 193 Å². The van der Waals surface area contributed by atoms with Crippen LogP contribution in [-0.2, 0) is 14.3 Å². The molecule has 1 atom stereocenters. The summed E-state index contributed by atoms with van der Waals surface area (Å²) >= 11 is 1.78. The lowest BCUT2D eigenvalue weighted by Gasteiger charge is -2.40. The van der Waals surface area contributed by atoms with Crippen molar-refractivity contribution in [1.29, 1.82) is 0 Å². The Bertz CT molecular complexity index is 573. The van der Waals surface area contributed by atoms with Crippen LogP contribution >= 0.6 is 11.8 Å². The topological polar surface area (TPSA) is 26.3 Å². The molecule has 0 spiro atoms. The van der Waals surface area contributed by atoms with Gasteiger partial charge in [0.25, 0.3) is 0 Å². The number of esters is 1. The van der Waals surface area contributed by atoms with Crippen molar-refractivity contribution in [2.45, 2.75) is 57.6 Å². The van der Waals surface area contributed by atoms with Gasteiger partial charge in [-0.1, -0.05) is 56.5 Å². The molecule has 1 aliphatic carbocycles. The van der Waals surface area contributed by atoms with Crippen molar-refractivity contribution in [3.05, 3.63) is 35.9 Å². The summed E-state index contributed by atoms with van der Waals surface area (Å²) in [5.74, 6) is 1.26. The molecule has 28 heavy (non-hydrogen) atoms. The number of carbonyl (C=O) groups is 1. The van der Waals surface area contributed by atoms with Gasteiger partial charge in [0, 0.05) is 0 Å². The van der Waals surface area contributed by atoms with Crippen LogP contribution in [0.25, 0.3) is 0 Å². The molecular weight excluding hydrogens is 481 g/mol. The zero-order valence-corrected chi connectivity index (χ0v) is 21.1. The third-order valence-electron chi connectivity index (χ3n) is 6.45. The molecule has 0 radical (unpaired) electrons. The van der Waals surface area contributed by atoms with Gasteiger partial charge in [-0.05, 0) is 43.9 Å². The summed E-state index contributed by atoms with van der Waals surface area (Å²) in [7, 11) is 2.24. The Morgan fingerprint density at radius 3 is 2.25 bits per heavy atom. The molecule has 0 N–H and O–H groups in total. The number of benzene rings is 1. The van der Waals surface area contributed by atoms with Crippen LogP contribution < -0.4 is 24.0 Å². The Morgan fingerprint density at radius 1 is 1.11 bits per heavy atom. The minimum Gasteiger partial charge on any atom is -1.00 e. The number of hydrogen-bond donors (Lipinski definition) is 0. The van der Waals surface area contributed by atoms with Crippen LogP contribution in [0.5, 0.6) is 0 Å². The number of carbonyl (C=O) groups excluding carboxylic acids is 1. The molecule has 0 bridgehead atoms. The first-order chi connectivity index (χ1) is 13.0. The van der Waals surface area contributed by atoms with Gasteiger partial charge in [-0.25, -0.2) is 0 Å². The van der Waals surface area contributed by atoms with Crippen molar-refractivity contribution >= 4 is 17.7 Å². The predicted molar refractivity (Wildman–Crippen MR) is 116 cm³/mol. The van der Waals surface area contributed by atoms with Gasteiger partial charge in [-0.15, -0.1) is 11.8 Å². The van der Waals surface area contributed by atoms with Gasteiger partial charge in [0.1, 0.15) is 17.9 Å². The second kappa shape index (κ2) is 12.4. The maximum Gasteiger partial charge on any atom is 0.327 e. The fraction of sp³-hybridized carbons (Fsp3) is 0.696. The van der Waals surface area contributed by atoms with Gasteiger partial charge >= 0.3 is 5.97 Å². The molecule has 1 aromatic carbocycles. The summed E-state index contributed by atoms with van der Waals surface area (Å²) in [5, 5.41) is 0. The molecule has 0 aliphatic heterocycles. The fourth-order valence-electron chi connectivity index (χ4n) is 4.21. The molecular formula is C23H38INO2S. The third kappa shape index (κ3) is 6.11. The molecule has 1 saturated carbocycles. The van der Waals surface area contributed by atoms with E-state index in [1.54, 1.807) is 11.8 Å². The highest BCUT2D eigenvalue weighted by molar-refractivity contribution is 8.00. The third-order valence-corrected chi connectivity index (χ3v) is 7.93. The van der Waals surface area contributed by atoms with Gasteiger partial charge in [-0.2, -0.15) is 0 Å². The number of thioether (sulfide) groups is 1. The number of ether oxygens (including phenoxy) is 1. The largest absolute Gasteiger partial charge is 1.00 e. The monoisotopic (exact) mass is 519 g/mol. The van der Waals surface area contributed by atoms with E-state index in [-0.39, 0.29) is 29.9 Å². The molecule has 0 heterocycles. The lowest BCUT2D eigenvalue weighted by molar-refractivity contribution is -0.906. The van der Waals surface area contributed by atoms with E-state index >= 15 is 0 Å². The molecule has 0 saturated heterocycles. The van der Waals surface area contributed by atoms with Crippen LogP contribution in [0.2, 0.25) is 0 Å². The molecule has 2 rings (SSSR count). The summed E-state index contributed by atoms with van der Waals surface area (Å²) in [6.45, 7) is 10.1. The van der Waals surface area contributed by atoms with E-state index in [2.05, 4.69) is 52.1 Å². The highest BCUT2D eigenvalue weighted by Gasteiger charge is 2.48. The van der Waals surface area contributed by atoms with E-state index in [1.165, 1.54) is 19.3 Å². The molecule has 1 fully saturated rings. The van der Waals surface area contributed by atoms with Crippen LogP contribution in [-0.4, -0.2) is 49.5 Å². The Hall–Kier alpha value is -0.270. The molecule has 1 aromatic rings. The molecule has 1 unspecified atom stereocenters. The fourth-order valence-corrected chi connectivity index (χ4v) is 5.61. The minimum absolute atomic E-state index is 0. The lowest BCUT2D eigenvalue weighted by atomic mass is 9.76. The highest BCUT2D eigenvalue weighted by atomic mass is 127. The number of likely N-dealkylation sites (N-methyl/N-ethyl adjacent to an activating group) is 1. The Balaban J connectivity index is 0.00000392. The number of hydrogen-bond acceptors (Lipinski definition) is 3. The average molecular weight is 520 g/mol. The summed E-state index contributed by atoms with van der Waals surface area (Å²) in [4.78, 5) is 13.6. The first-order valence-electron chi connectivity index (χ1n) is 10.7. The molecule has 160 valence electrons. The number of quaternary nitrogens is 1. The van der Waals surface area contributed by atoms with Crippen molar-refractivity contribution in [2.75, 3.05) is 39.0 Å². The first kappa shape index (κ1) is 25.8. The SMILES string of the molecule is CCSC(C(=O)OCC[N+](C)(CC)CC)(c1ccccc1)C1CCCCC1.[I-]. The minimum atomic E-state index is -0.557. The lowest BCUT2D eigenvalue weighted by Crippen LogP contribution is -3.00. The van der Waals surface area contributed by atoms with Crippen molar-refractivity contribution < 1.29 is 38.0 Å². The van der Waals surface area contributed by atoms with Crippen molar-refractivity contribution in [3.8, 4) is 0 Å². The van der Waals surface area contributed by atoms with Gasteiger partial charge in [0.05, 0.1) is 20.1 Å². The second-order valence-corrected chi connectivity index (χ2v) is 9.49. The van der Waals surface area contributed by atoms with Crippen LogP contribution in [0, 0.1) is 5.92 Å². The Kier molecular flexibility index (Phi) is 11.4. The van der Waals surface area contributed by atoms with Crippen LogP contribution in [0.4, 0.5) is 0 Å². The summed E-state index contributed by atoms with van der Waals surface area (Å²) in [6.07, 6.45) is 5.97. The van der Waals surface area contributed by atoms with Crippen molar-refractivity contribution in [3.63, 3.8) is 0 Å². The molecule has 1 aliphatic rings. The summed E-state index contributed by atoms with van der Waals surface area (Å²) < 4.78 is 6.37. The number of nitrogens with zero attached hydrogens (tertiary/aromatic N) is 1. The number of rotatable bonds is 10. The van der Waals surface area contributed by atoms with E-state index in [0.29, 0.717) is 12.5 Å². The first-order valence-corrected chi connectivity index (χ1v) is 11.7. The molecule has 3 nitrogen and oxygen atoms in total. The van der Waals surface area contributed by atoms with E-state index < -0.39 is 4.75 Å². The molecule has 0 amide bonds. The average Bonchev–Trinajstić information content (AvgIpc) is 2.73. The van der Waals surface area contributed by atoms with Gasteiger partial charge in [0.15, 0.2) is 0 Å². The zero-order chi connectivity index (χ0) is 19.8. The normalized spacial score (nSPS) is 17.4. The van der Waals surface area contributed by atoms with Gasteiger partial charge < -0.3 is 33.2 Å². The maximum atomic E-state index is 13.6. The molecule has 0 aromatic heterocycles. The van der Waals surface area contributed by atoms with E-state index in [0.717, 1.165) is 48.3 Å². The summed E-state index contributed by atoms with van der Waals surface area (Å²) in [6, 6.07) is 10.4. The van der Waals surface area contributed by atoms with Gasteiger partial charge in [-0.3, -0.25) is 4.79 Å². The van der Waals surface area contributed by atoms with Crippen LogP contribution in [0.15, 0.2) is 30.3 Å². The maximum absolute atomic E-state index is 13.6. The quantitative estimate of drug-likeness (QED) is 0.270. The van der Waals surface area contributed by atoms with Crippen LogP contribution in [0.3, 0.4) is 0 Å². The Morgan fingerprint density at radius 2 is 1.71 bits per heavy atom. The van der Waals surface area contributed by atoms with Crippen molar-refractivity contribution in [1.82, 2.24) is 0 Å². The summed E-state index contributed by atoms with van der Waals surface area (Å²) in [5.41, 5.74) is 1.12. The van der Waals surface area contributed by atoms with E-state index in [4.69, 9.17) is 4.74 Å². The van der Waals surface area contributed by atoms with Crippen LogP contribution in [0.1, 0.15) is 58.4 Å².